The van der Waals surface area contributed by atoms with E-state index in [1.807, 2.05) is 26.1 Å². The number of aromatic nitrogens is 2. The van der Waals surface area contributed by atoms with Crippen LogP contribution >= 0.6 is 0 Å². The van der Waals surface area contributed by atoms with Crippen LogP contribution in [-0.4, -0.2) is 17.0 Å². The van der Waals surface area contributed by atoms with Crippen molar-refractivity contribution in [1.82, 2.24) is 9.97 Å². The third kappa shape index (κ3) is 2.38. The fourth-order valence-corrected chi connectivity index (χ4v) is 2.31. The van der Waals surface area contributed by atoms with Crippen molar-refractivity contribution in [2.45, 2.75) is 6.92 Å². The molecule has 2 aromatic heterocycles. The zero-order valence-electron chi connectivity index (χ0n) is 11.8. The lowest BCUT2D eigenvalue weighted by molar-refractivity contribution is 0.631. The van der Waals surface area contributed by atoms with E-state index < -0.39 is 5.82 Å². The van der Waals surface area contributed by atoms with Gasteiger partial charge in [-0.25, -0.2) is 9.37 Å². The first kappa shape index (κ1) is 13.3. The fourth-order valence-electron chi connectivity index (χ4n) is 2.31. The highest BCUT2D eigenvalue weighted by Crippen LogP contribution is 2.29. The van der Waals surface area contributed by atoms with Gasteiger partial charge in [0.15, 0.2) is 0 Å². The number of nitrogens with two attached hydrogens (primary N) is 1. The van der Waals surface area contributed by atoms with Crippen molar-refractivity contribution >= 4 is 22.4 Å². The number of nitrogens with one attached hydrogen (secondary N) is 1. The molecule has 0 bridgehead atoms. The zero-order chi connectivity index (χ0) is 15.0. The largest absolute Gasteiger partial charge is 0.396 e. The Hall–Kier alpha value is -2.69. The van der Waals surface area contributed by atoms with Crippen molar-refractivity contribution in [2.24, 2.45) is 0 Å². The molecule has 5 heteroatoms. The van der Waals surface area contributed by atoms with E-state index in [0.29, 0.717) is 0 Å². The Bertz CT molecular complexity index is 830. The predicted octanol–water partition coefficient (Wildman–Crippen LogP) is 3.37. The number of nitrogen functional groups attached to an aromatic ring is 1. The highest BCUT2D eigenvalue weighted by Gasteiger charge is 2.08. The van der Waals surface area contributed by atoms with Gasteiger partial charge in [-0.05, 0) is 36.2 Å². The number of nitrogens with zero attached hydrogens (tertiary/aromatic N) is 2. The van der Waals surface area contributed by atoms with Crippen molar-refractivity contribution < 1.29 is 4.39 Å². The number of anilines is 2. The number of benzene rings is 1. The van der Waals surface area contributed by atoms with E-state index in [-0.39, 0.29) is 5.69 Å². The molecule has 0 radical (unpaired) electrons. The number of fused-ring (bicyclic) bond motifs is 1. The van der Waals surface area contributed by atoms with Crippen LogP contribution in [0.2, 0.25) is 0 Å². The molecule has 3 N–H and O–H groups in total. The van der Waals surface area contributed by atoms with Crippen LogP contribution in [0.1, 0.15) is 5.56 Å². The van der Waals surface area contributed by atoms with Crippen LogP contribution in [0.3, 0.4) is 0 Å². The molecule has 0 amide bonds. The van der Waals surface area contributed by atoms with Crippen molar-refractivity contribution in [3.05, 3.63) is 48.0 Å². The molecular weight excluding hydrogens is 267 g/mol. The summed E-state index contributed by atoms with van der Waals surface area (Å²) in [6.07, 6.45) is 3.53. The van der Waals surface area contributed by atoms with E-state index in [0.717, 1.165) is 33.4 Å². The molecule has 0 saturated carbocycles. The summed E-state index contributed by atoms with van der Waals surface area (Å²) in [6.45, 7) is 1.85. The number of hydrogen-bond donors (Lipinski definition) is 2. The van der Waals surface area contributed by atoms with E-state index in [1.54, 1.807) is 18.5 Å². The summed E-state index contributed by atoms with van der Waals surface area (Å²) in [5.74, 6) is 0.371. The monoisotopic (exact) mass is 282 g/mol. The van der Waals surface area contributed by atoms with Gasteiger partial charge in [0.25, 0.3) is 0 Å². The molecule has 0 atom stereocenters. The number of hydrogen-bond acceptors (Lipinski definition) is 4. The molecule has 0 spiro atoms. The van der Waals surface area contributed by atoms with Gasteiger partial charge in [-0.3, -0.25) is 4.98 Å². The van der Waals surface area contributed by atoms with Crippen LogP contribution in [0.15, 0.2) is 36.7 Å². The van der Waals surface area contributed by atoms with Crippen LogP contribution < -0.4 is 11.1 Å². The highest BCUT2D eigenvalue weighted by molar-refractivity contribution is 5.85. The van der Waals surface area contributed by atoms with Gasteiger partial charge < -0.3 is 11.1 Å². The number of aryl methyl sites for hydroxylation is 1. The van der Waals surface area contributed by atoms with Crippen molar-refractivity contribution in [1.29, 1.82) is 0 Å². The number of halogens is 1. The zero-order valence-corrected chi connectivity index (χ0v) is 11.8. The molecule has 106 valence electrons. The molecule has 0 aliphatic carbocycles. The van der Waals surface area contributed by atoms with Crippen molar-refractivity contribution in [3.8, 4) is 11.1 Å². The van der Waals surface area contributed by atoms with Gasteiger partial charge in [0.2, 0.25) is 0 Å². The fraction of sp³-hybridized carbons (Fsp3) is 0.125. The minimum atomic E-state index is -0.398. The molecule has 1 aromatic carbocycles. The Kier molecular flexibility index (Phi) is 3.17. The van der Waals surface area contributed by atoms with E-state index in [1.165, 1.54) is 6.07 Å². The van der Waals surface area contributed by atoms with Crippen LogP contribution in [0.4, 0.5) is 15.9 Å². The maximum absolute atomic E-state index is 13.5. The third-order valence-electron chi connectivity index (χ3n) is 3.48. The topological polar surface area (TPSA) is 63.8 Å². The summed E-state index contributed by atoms with van der Waals surface area (Å²) in [7, 11) is 1.81. The molecule has 4 nitrogen and oxygen atoms in total. The second-order valence-corrected chi connectivity index (χ2v) is 4.92. The van der Waals surface area contributed by atoms with E-state index in [4.69, 9.17) is 5.73 Å². The van der Waals surface area contributed by atoms with Gasteiger partial charge in [-0.2, -0.15) is 0 Å². The Labute approximate surface area is 121 Å². The Morgan fingerprint density at radius 2 is 1.90 bits per heavy atom. The molecule has 0 fully saturated rings. The molecule has 0 aliphatic heterocycles. The lowest BCUT2D eigenvalue weighted by atomic mass is 10.00. The Morgan fingerprint density at radius 1 is 1.10 bits per heavy atom. The predicted molar refractivity (Wildman–Crippen MR) is 83.6 cm³/mol. The van der Waals surface area contributed by atoms with E-state index in [2.05, 4.69) is 15.3 Å². The second-order valence-electron chi connectivity index (χ2n) is 4.92. The normalized spacial score (nSPS) is 10.8. The van der Waals surface area contributed by atoms with Gasteiger partial charge >= 0.3 is 0 Å². The first-order chi connectivity index (χ1) is 10.1. The lowest BCUT2D eigenvalue weighted by Gasteiger charge is -2.09. The Morgan fingerprint density at radius 3 is 2.67 bits per heavy atom. The molecule has 2 heterocycles. The molecule has 0 aliphatic rings. The molecule has 21 heavy (non-hydrogen) atoms. The molecule has 3 rings (SSSR count). The molecular formula is C16H15FN4. The molecule has 0 saturated heterocycles. The average molecular weight is 282 g/mol. The van der Waals surface area contributed by atoms with Crippen LogP contribution in [0.5, 0.6) is 0 Å². The van der Waals surface area contributed by atoms with E-state index >= 15 is 0 Å². The van der Waals surface area contributed by atoms with Crippen LogP contribution in [0.25, 0.3) is 22.0 Å². The Balaban J connectivity index is 2.15. The number of pyridine rings is 2. The summed E-state index contributed by atoms with van der Waals surface area (Å²) < 4.78 is 13.5. The van der Waals surface area contributed by atoms with Crippen LogP contribution in [-0.2, 0) is 0 Å². The smallest absolute Gasteiger partial charge is 0.146 e. The highest BCUT2D eigenvalue weighted by atomic mass is 19.1. The van der Waals surface area contributed by atoms with Crippen molar-refractivity contribution in [2.75, 3.05) is 18.1 Å². The first-order valence-electron chi connectivity index (χ1n) is 6.58. The summed E-state index contributed by atoms with van der Waals surface area (Å²) in [5.41, 5.74) is 9.24. The minimum Gasteiger partial charge on any atom is -0.396 e. The summed E-state index contributed by atoms with van der Waals surface area (Å²) in [5, 5.41) is 3.90. The van der Waals surface area contributed by atoms with Gasteiger partial charge in [0.1, 0.15) is 11.6 Å². The second kappa shape index (κ2) is 5.01. The first-order valence-corrected chi connectivity index (χ1v) is 6.58. The minimum absolute atomic E-state index is 0.138. The number of rotatable bonds is 2. The van der Waals surface area contributed by atoms with Gasteiger partial charge in [0, 0.05) is 36.5 Å². The maximum Gasteiger partial charge on any atom is 0.146 e. The van der Waals surface area contributed by atoms with Crippen LogP contribution in [0, 0.1) is 12.7 Å². The van der Waals surface area contributed by atoms with E-state index in [9.17, 15) is 4.39 Å². The quantitative estimate of drug-likeness (QED) is 0.707. The van der Waals surface area contributed by atoms with Gasteiger partial charge in [-0.1, -0.05) is 0 Å². The standard InChI is InChI=1S/C16H15FN4/c1-9-3-13(17)14(18)5-12(9)10-4-11-8-21-16(19-2)6-15(11)20-7-10/h3-8H,18H2,1-2H3,(H,19,21). The SMILES string of the molecule is CNc1cc2ncc(-c3cc(N)c(F)cc3C)cc2cn1. The summed E-state index contributed by atoms with van der Waals surface area (Å²) in [4.78, 5) is 8.72. The van der Waals surface area contributed by atoms with Gasteiger partial charge in [0.05, 0.1) is 11.2 Å². The summed E-state index contributed by atoms with van der Waals surface area (Å²) >= 11 is 0. The lowest BCUT2D eigenvalue weighted by Crippen LogP contribution is -1.95. The summed E-state index contributed by atoms with van der Waals surface area (Å²) in [6, 6.07) is 6.94. The third-order valence-corrected chi connectivity index (χ3v) is 3.48. The van der Waals surface area contributed by atoms with Gasteiger partial charge in [-0.15, -0.1) is 0 Å². The molecule has 3 aromatic rings. The van der Waals surface area contributed by atoms with Crippen molar-refractivity contribution in [3.63, 3.8) is 0 Å². The average Bonchev–Trinajstić information content (AvgIpc) is 2.50. The molecule has 0 unspecified atom stereocenters. The maximum atomic E-state index is 13.5.